The van der Waals surface area contributed by atoms with Crippen molar-refractivity contribution >= 4 is 28.7 Å². The van der Waals surface area contributed by atoms with E-state index in [9.17, 15) is 9.59 Å². The van der Waals surface area contributed by atoms with Crippen molar-refractivity contribution in [2.75, 3.05) is 5.32 Å². The van der Waals surface area contributed by atoms with E-state index in [4.69, 9.17) is 9.52 Å². The Labute approximate surface area is 127 Å². The molecule has 0 radical (unpaired) electrons. The molecule has 0 unspecified atom stereocenters. The molecule has 1 aromatic carbocycles. The van der Waals surface area contributed by atoms with Gasteiger partial charge in [-0.05, 0) is 37.8 Å². The fourth-order valence-corrected chi connectivity index (χ4v) is 2.96. The summed E-state index contributed by atoms with van der Waals surface area (Å²) in [6.45, 7) is 1.78. The van der Waals surface area contributed by atoms with E-state index < -0.39 is 5.97 Å². The average molecular weight is 302 g/mol. The van der Waals surface area contributed by atoms with Crippen molar-refractivity contribution in [1.82, 2.24) is 4.98 Å². The minimum absolute atomic E-state index is 0.0561. The van der Waals surface area contributed by atoms with Gasteiger partial charge in [0.15, 0.2) is 11.5 Å². The summed E-state index contributed by atoms with van der Waals surface area (Å²) in [6.07, 6.45) is 2.36. The zero-order valence-corrected chi connectivity index (χ0v) is 12.3. The first-order chi connectivity index (χ1) is 10.5. The van der Waals surface area contributed by atoms with Crippen molar-refractivity contribution in [2.45, 2.75) is 32.6 Å². The van der Waals surface area contributed by atoms with E-state index in [1.807, 2.05) is 6.07 Å². The zero-order valence-electron chi connectivity index (χ0n) is 12.3. The van der Waals surface area contributed by atoms with E-state index in [2.05, 4.69) is 10.3 Å². The van der Waals surface area contributed by atoms with Crippen molar-refractivity contribution in [3.8, 4) is 0 Å². The molecule has 6 nitrogen and oxygen atoms in total. The molecule has 1 saturated carbocycles. The first kappa shape index (κ1) is 14.6. The number of carboxylic acids is 1. The number of hydrogen-bond donors (Lipinski definition) is 2. The second-order valence-electron chi connectivity index (χ2n) is 5.79. The molecule has 2 N–H and O–H groups in total. The number of hydrogen-bond acceptors (Lipinski definition) is 4. The standard InChI is InChI=1S/C16H18N2O4/c1-9-17-13-7-6-12(8-14(13)22-9)18-15(19)10-2-4-11(5-3-10)16(20)21/h6-8,10-11H,2-5H2,1H3,(H,18,19)(H,20,21). The maximum atomic E-state index is 12.3. The minimum atomic E-state index is -0.759. The second-order valence-corrected chi connectivity index (χ2v) is 5.79. The van der Waals surface area contributed by atoms with Gasteiger partial charge in [0.05, 0.1) is 5.92 Å². The van der Waals surface area contributed by atoms with Gasteiger partial charge >= 0.3 is 5.97 Å². The number of carbonyl (C=O) groups is 2. The van der Waals surface area contributed by atoms with Gasteiger partial charge in [-0.2, -0.15) is 0 Å². The lowest BCUT2D eigenvalue weighted by Crippen LogP contribution is -2.29. The minimum Gasteiger partial charge on any atom is -0.481 e. The van der Waals surface area contributed by atoms with Crippen LogP contribution in [-0.2, 0) is 9.59 Å². The number of amides is 1. The molecule has 3 rings (SSSR count). The summed E-state index contributed by atoms with van der Waals surface area (Å²) >= 11 is 0. The molecule has 116 valence electrons. The van der Waals surface area contributed by atoms with Crippen LogP contribution in [0.25, 0.3) is 11.1 Å². The molecule has 1 heterocycles. The maximum Gasteiger partial charge on any atom is 0.306 e. The number of nitrogens with one attached hydrogen (secondary N) is 1. The second kappa shape index (κ2) is 5.79. The number of benzene rings is 1. The maximum absolute atomic E-state index is 12.3. The van der Waals surface area contributed by atoms with Crippen LogP contribution in [0.1, 0.15) is 31.6 Å². The predicted molar refractivity (Wildman–Crippen MR) is 80.5 cm³/mol. The highest BCUT2D eigenvalue weighted by atomic mass is 16.4. The lowest BCUT2D eigenvalue weighted by atomic mass is 9.81. The Bertz CT molecular complexity index is 714. The summed E-state index contributed by atoms with van der Waals surface area (Å²) in [5.74, 6) is -0.657. The Hall–Kier alpha value is -2.37. The van der Waals surface area contributed by atoms with E-state index in [1.165, 1.54) is 0 Å². The van der Waals surface area contributed by atoms with Crippen molar-refractivity contribution < 1.29 is 19.1 Å². The molecule has 1 aliphatic rings. The van der Waals surface area contributed by atoms with Gasteiger partial charge < -0.3 is 14.8 Å². The van der Waals surface area contributed by atoms with Gasteiger partial charge in [-0.1, -0.05) is 0 Å². The lowest BCUT2D eigenvalue weighted by molar-refractivity contribution is -0.143. The lowest BCUT2D eigenvalue weighted by Gasteiger charge is -2.25. The molecule has 2 aromatic rings. The van der Waals surface area contributed by atoms with E-state index >= 15 is 0 Å². The molecule has 22 heavy (non-hydrogen) atoms. The molecule has 6 heteroatoms. The SMILES string of the molecule is Cc1nc2ccc(NC(=O)C3CCC(C(=O)O)CC3)cc2o1. The van der Waals surface area contributed by atoms with E-state index in [-0.39, 0.29) is 17.7 Å². The summed E-state index contributed by atoms with van der Waals surface area (Å²) in [5.41, 5.74) is 2.08. The molecule has 0 spiro atoms. The third-order valence-electron chi connectivity index (χ3n) is 4.21. The third kappa shape index (κ3) is 2.95. The quantitative estimate of drug-likeness (QED) is 0.909. The Morgan fingerprint density at radius 3 is 2.59 bits per heavy atom. The number of aliphatic carboxylic acids is 1. The summed E-state index contributed by atoms with van der Waals surface area (Å²) in [5, 5.41) is 11.9. The molecule has 1 fully saturated rings. The summed E-state index contributed by atoms with van der Waals surface area (Å²) < 4.78 is 5.45. The number of fused-ring (bicyclic) bond motifs is 1. The van der Waals surface area contributed by atoms with Crippen LogP contribution in [0.3, 0.4) is 0 Å². The first-order valence-corrected chi connectivity index (χ1v) is 7.44. The molecule has 1 aliphatic carbocycles. The highest BCUT2D eigenvalue weighted by Gasteiger charge is 2.29. The number of anilines is 1. The van der Waals surface area contributed by atoms with Crippen molar-refractivity contribution in [3.05, 3.63) is 24.1 Å². The molecule has 1 amide bonds. The van der Waals surface area contributed by atoms with Crippen LogP contribution in [0.15, 0.2) is 22.6 Å². The Balaban J connectivity index is 1.64. The highest BCUT2D eigenvalue weighted by Crippen LogP contribution is 2.30. The number of aromatic nitrogens is 1. The number of carbonyl (C=O) groups excluding carboxylic acids is 1. The molecule has 0 atom stereocenters. The Kier molecular flexibility index (Phi) is 3.83. The zero-order chi connectivity index (χ0) is 15.7. The van der Waals surface area contributed by atoms with Crippen LogP contribution in [0.4, 0.5) is 5.69 Å². The molecule has 1 aromatic heterocycles. The van der Waals surface area contributed by atoms with Crippen LogP contribution in [-0.4, -0.2) is 22.0 Å². The van der Waals surface area contributed by atoms with Crippen LogP contribution >= 0.6 is 0 Å². The van der Waals surface area contributed by atoms with E-state index in [0.29, 0.717) is 42.8 Å². The van der Waals surface area contributed by atoms with Crippen LogP contribution in [0.5, 0.6) is 0 Å². The fourth-order valence-electron chi connectivity index (χ4n) is 2.96. The van der Waals surface area contributed by atoms with Crippen molar-refractivity contribution in [2.24, 2.45) is 11.8 Å². The van der Waals surface area contributed by atoms with Gasteiger partial charge in [0, 0.05) is 24.6 Å². The molecule has 0 aliphatic heterocycles. The number of nitrogens with zero attached hydrogens (tertiary/aromatic N) is 1. The summed E-state index contributed by atoms with van der Waals surface area (Å²) in [7, 11) is 0. The number of carboxylic acid groups (broad SMARTS) is 1. The van der Waals surface area contributed by atoms with Gasteiger partial charge in [0.2, 0.25) is 5.91 Å². The normalized spacial score (nSPS) is 21.7. The van der Waals surface area contributed by atoms with E-state index in [1.54, 1.807) is 19.1 Å². The molecular weight excluding hydrogens is 284 g/mol. The molecular formula is C16H18N2O4. The smallest absolute Gasteiger partial charge is 0.306 e. The predicted octanol–water partition coefficient (Wildman–Crippen LogP) is 2.97. The molecule has 0 saturated heterocycles. The van der Waals surface area contributed by atoms with Gasteiger partial charge in [0.25, 0.3) is 0 Å². The Morgan fingerprint density at radius 1 is 1.23 bits per heavy atom. The van der Waals surface area contributed by atoms with E-state index in [0.717, 1.165) is 5.52 Å². The van der Waals surface area contributed by atoms with Gasteiger partial charge in [-0.3, -0.25) is 9.59 Å². The van der Waals surface area contributed by atoms with Gasteiger partial charge in [-0.15, -0.1) is 0 Å². The Morgan fingerprint density at radius 2 is 1.91 bits per heavy atom. The number of rotatable bonds is 3. The van der Waals surface area contributed by atoms with Crippen LogP contribution in [0, 0.1) is 18.8 Å². The number of aryl methyl sites for hydroxylation is 1. The first-order valence-electron chi connectivity index (χ1n) is 7.44. The average Bonchev–Trinajstić information content (AvgIpc) is 2.86. The fraction of sp³-hybridized carbons (Fsp3) is 0.438. The summed E-state index contributed by atoms with van der Waals surface area (Å²) in [4.78, 5) is 27.4. The third-order valence-corrected chi connectivity index (χ3v) is 4.21. The van der Waals surface area contributed by atoms with Gasteiger partial charge in [-0.25, -0.2) is 4.98 Å². The monoisotopic (exact) mass is 302 g/mol. The van der Waals surface area contributed by atoms with Gasteiger partial charge in [0.1, 0.15) is 5.52 Å². The highest BCUT2D eigenvalue weighted by molar-refractivity contribution is 5.94. The van der Waals surface area contributed by atoms with Crippen molar-refractivity contribution in [1.29, 1.82) is 0 Å². The van der Waals surface area contributed by atoms with Crippen molar-refractivity contribution in [3.63, 3.8) is 0 Å². The van der Waals surface area contributed by atoms with Crippen LogP contribution < -0.4 is 5.32 Å². The largest absolute Gasteiger partial charge is 0.481 e. The topological polar surface area (TPSA) is 92.4 Å². The summed E-state index contributed by atoms with van der Waals surface area (Å²) in [6, 6.07) is 5.37. The molecule has 0 bridgehead atoms. The van der Waals surface area contributed by atoms with Crippen LogP contribution in [0.2, 0.25) is 0 Å². The number of oxazole rings is 1.